The lowest BCUT2D eigenvalue weighted by molar-refractivity contribution is -0.137. The van der Waals surface area contributed by atoms with Crippen LogP contribution in [-0.2, 0) is 19.1 Å². The zero-order valence-corrected chi connectivity index (χ0v) is 23.1. The largest absolute Gasteiger partial charge is 0.508 e. The monoisotopic (exact) mass is 598 g/mol. The predicted octanol–water partition coefficient (Wildman–Crippen LogP) is 4.31. The highest BCUT2D eigenvalue weighted by Crippen LogP contribution is 2.45. The highest BCUT2D eigenvalue weighted by molar-refractivity contribution is 6.32. The number of phenolic OH excluding ortho intramolecular Hbond substituents is 1. The second-order valence-electron chi connectivity index (χ2n) is 11.8. The number of piperazine rings is 1. The lowest BCUT2D eigenvalue weighted by Gasteiger charge is -2.47. The first kappa shape index (κ1) is 25.0. The molecule has 7 heterocycles. The highest BCUT2D eigenvalue weighted by Gasteiger charge is 2.49. The van der Waals surface area contributed by atoms with Crippen LogP contribution in [0, 0.1) is 0 Å². The number of anilines is 2. The number of hydrogen-bond donors (Lipinski definition) is 2. The van der Waals surface area contributed by atoms with E-state index in [0.717, 1.165) is 43.6 Å². The van der Waals surface area contributed by atoms with Crippen LogP contribution < -0.4 is 19.9 Å². The minimum absolute atomic E-state index is 0.000515. The van der Waals surface area contributed by atoms with E-state index in [2.05, 4.69) is 15.2 Å². The summed E-state index contributed by atoms with van der Waals surface area (Å²) in [6.07, 6.45) is -2.64. The fourth-order valence-corrected chi connectivity index (χ4v) is 7.57. The highest BCUT2D eigenvalue weighted by atomic mass is 35.5. The number of alkyl halides is 4. The molecule has 0 aliphatic carbocycles. The standard InChI is InChI=1S/C28H33ClF4N6O2/c29-21-8-19(40)9-23(24(21)28(31,32)33)37-7-4-20-22(14-37)35-26(36-25(20)39-13-17-2-3-18(39)11-34-17)41-15-27-5-1-6-38(27)12-16(30)10-27/h8-9,16-18,34,40H,1-7,10-15H2/t16-,17?,18?,27+/m1/s1/i6D2. The topological polar surface area (TPSA) is 77.0 Å². The molecule has 6 aliphatic rings. The number of nitrogens with one attached hydrogen (secondary N) is 1. The molecular weight excluding hydrogens is 564 g/mol. The van der Waals surface area contributed by atoms with Gasteiger partial charge in [-0.3, -0.25) is 4.90 Å². The van der Waals surface area contributed by atoms with Gasteiger partial charge in [0.15, 0.2) is 0 Å². The van der Waals surface area contributed by atoms with E-state index >= 15 is 0 Å². The number of ether oxygens (including phenoxy) is 1. The average Bonchev–Trinajstić information content (AvgIpc) is 3.42. The fraction of sp³-hybridized carbons (Fsp3) is 0.643. The zero-order valence-electron chi connectivity index (χ0n) is 24.4. The summed E-state index contributed by atoms with van der Waals surface area (Å²) in [4.78, 5) is 14.8. The van der Waals surface area contributed by atoms with E-state index in [1.165, 1.54) is 4.90 Å². The SMILES string of the molecule is [2H]C1([2H])CC[C@@]2(COc3nc4c(c(N5CC6CCC5CN6)n3)CCN(c3cc(O)cc(Cl)c3C(F)(F)F)C4)C[C@@H](F)CN12. The number of rotatable bonds is 5. The van der Waals surface area contributed by atoms with Crippen LogP contribution in [0.15, 0.2) is 12.1 Å². The molecule has 0 radical (unpaired) electrons. The molecule has 13 heteroatoms. The molecule has 4 atom stereocenters. The van der Waals surface area contributed by atoms with E-state index in [9.17, 15) is 22.7 Å². The number of phenols is 1. The molecule has 5 saturated heterocycles. The van der Waals surface area contributed by atoms with Crippen LogP contribution in [0.1, 0.15) is 51.7 Å². The molecule has 2 aromatic rings. The number of hydrogen-bond acceptors (Lipinski definition) is 8. The summed E-state index contributed by atoms with van der Waals surface area (Å²) in [5.74, 6) is 0.331. The van der Waals surface area contributed by atoms with Gasteiger partial charge in [0.05, 0.1) is 34.1 Å². The molecule has 2 bridgehead atoms. The van der Waals surface area contributed by atoms with Crippen LogP contribution >= 0.6 is 11.6 Å². The number of aromatic hydroxyl groups is 1. The molecule has 2 unspecified atom stereocenters. The van der Waals surface area contributed by atoms with Crippen molar-refractivity contribution in [3.63, 3.8) is 0 Å². The van der Waals surface area contributed by atoms with Gasteiger partial charge in [-0.15, -0.1) is 0 Å². The Morgan fingerprint density at radius 2 is 2.10 bits per heavy atom. The van der Waals surface area contributed by atoms with Gasteiger partial charge in [-0.05, 0) is 44.7 Å². The molecule has 8 nitrogen and oxygen atoms in total. The molecule has 41 heavy (non-hydrogen) atoms. The Kier molecular flexibility index (Phi) is 6.10. The van der Waals surface area contributed by atoms with Crippen molar-refractivity contribution >= 4 is 23.1 Å². The van der Waals surface area contributed by atoms with Crippen molar-refractivity contribution in [2.24, 2.45) is 0 Å². The van der Waals surface area contributed by atoms with E-state index < -0.39 is 35.0 Å². The van der Waals surface area contributed by atoms with Gasteiger partial charge in [0.25, 0.3) is 0 Å². The lowest BCUT2D eigenvalue weighted by Crippen LogP contribution is -2.61. The van der Waals surface area contributed by atoms with Gasteiger partial charge in [-0.25, -0.2) is 4.39 Å². The van der Waals surface area contributed by atoms with Crippen molar-refractivity contribution in [1.29, 1.82) is 0 Å². The molecule has 1 aromatic carbocycles. The van der Waals surface area contributed by atoms with Crippen LogP contribution in [0.4, 0.5) is 29.1 Å². The number of piperidine rings is 2. The Labute approximate surface area is 243 Å². The number of nitrogens with zero attached hydrogens (tertiary/aromatic N) is 5. The summed E-state index contributed by atoms with van der Waals surface area (Å²) in [7, 11) is 0. The molecule has 8 rings (SSSR count). The molecule has 0 spiro atoms. The molecule has 6 aliphatic heterocycles. The molecule has 2 N–H and O–H groups in total. The maximum absolute atomic E-state index is 14.5. The van der Waals surface area contributed by atoms with Crippen molar-refractivity contribution < 1.29 is 30.1 Å². The molecule has 0 saturated carbocycles. The maximum Gasteiger partial charge on any atom is 0.419 e. The van der Waals surface area contributed by atoms with Crippen LogP contribution in [0.5, 0.6) is 11.8 Å². The Bertz CT molecular complexity index is 1430. The minimum atomic E-state index is -4.74. The quantitative estimate of drug-likeness (QED) is 0.493. The van der Waals surface area contributed by atoms with Gasteiger partial charge in [-0.1, -0.05) is 11.6 Å². The Morgan fingerprint density at radius 1 is 1.24 bits per heavy atom. The van der Waals surface area contributed by atoms with Gasteiger partial charge in [0.1, 0.15) is 24.3 Å². The normalized spacial score (nSPS) is 31.6. The van der Waals surface area contributed by atoms with Crippen molar-refractivity contribution in [3.05, 3.63) is 34.0 Å². The van der Waals surface area contributed by atoms with E-state index in [1.807, 2.05) is 0 Å². The Hall–Kier alpha value is -2.57. The second-order valence-corrected chi connectivity index (χ2v) is 12.2. The lowest BCUT2D eigenvalue weighted by atomic mass is 9.92. The molecule has 0 amide bonds. The third kappa shape index (κ3) is 4.85. The first-order valence-corrected chi connectivity index (χ1v) is 14.5. The van der Waals surface area contributed by atoms with Crippen molar-refractivity contribution in [3.8, 4) is 11.8 Å². The van der Waals surface area contributed by atoms with Gasteiger partial charge < -0.3 is 25.0 Å². The molecule has 1 aromatic heterocycles. The van der Waals surface area contributed by atoms with E-state index in [1.54, 1.807) is 4.90 Å². The molecular formula is C28H33ClF4N6O2. The molecule has 5 fully saturated rings. The van der Waals surface area contributed by atoms with Crippen molar-refractivity contribution in [2.75, 3.05) is 49.1 Å². The minimum Gasteiger partial charge on any atom is -0.508 e. The third-order valence-electron chi connectivity index (χ3n) is 9.24. The van der Waals surface area contributed by atoms with Crippen LogP contribution in [0.25, 0.3) is 0 Å². The Morgan fingerprint density at radius 3 is 2.83 bits per heavy atom. The van der Waals surface area contributed by atoms with E-state index in [-0.39, 0.29) is 62.6 Å². The number of benzene rings is 1. The summed E-state index contributed by atoms with van der Waals surface area (Å²) in [5.41, 5.74) is -0.702. The van der Waals surface area contributed by atoms with Crippen LogP contribution in [0.2, 0.25) is 5.02 Å². The van der Waals surface area contributed by atoms with Gasteiger partial charge in [0.2, 0.25) is 0 Å². The Balaban J connectivity index is 1.24. The van der Waals surface area contributed by atoms with Gasteiger partial charge in [0, 0.05) is 59.1 Å². The predicted molar refractivity (Wildman–Crippen MR) is 146 cm³/mol. The number of aromatic nitrogens is 2. The van der Waals surface area contributed by atoms with Gasteiger partial charge >= 0.3 is 12.2 Å². The first-order chi connectivity index (χ1) is 20.3. The van der Waals surface area contributed by atoms with Crippen molar-refractivity contribution in [1.82, 2.24) is 20.2 Å². The van der Waals surface area contributed by atoms with Crippen molar-refractivity contribution in [2.45, 2.75) is 75.0 Å². The summed E-state index contributed by atoms with van der Waals surface area (Å²) in [6.45, 7) is 0.147. The maximum atomic E-state index is 14.5. The summed E-state index contributed by atoms with van der Waals surface area (Å²) in [6, 6.07) is 2.51. The second kappa shape index (κ2) is 10.0. The fourth-order valence-electron chi connectivity index (χ4n) is 7.25. The van der Waals surface area contributed by atoms with Crippen LogP contribution in [-0.4, -0.2) is 83.1 Å². The average molecular weight is 599 g/mol. The third-order valence-corrected chi connectivity index (χ3v) is 9.54. The van der Waals surface area contributed by atoms with E-state index in [4.69, 9.17) is 24.1 Å². The van der Waals surface area contributed by atoms with Crippen LogP contribution in [0.3, 0.4) is 0 Å². The zero-order chi connectivity index (χ0) is 30.3. The smallest absolute Gasteiger partial charge is 0.419 e. The summed E-state index contributed by atoms with van der Waals surface area (Å²) < 4.78 is 79.7. The number of fused-ring (bicyclic) bond motifs is 5. The molecule has 222 valence electrons. The van der Waals surface area contributed by atoms with Gasteiger partial charge in [-0.2, -0.15) is 23.1 Å². The van der Waals surface area contributed by atoms with E-state index in [0.29, 0.717) is 30.4 Å². The number of halogens is 5. The summed E-state index contributed by atoms with van der Waals surface area (Å²) in [5, 5.41) is 13.1. The first-order valence-electron chi connectivity index (χ1n) is 15.1. The summed E-state index contributed by atoms with van der Waals surface area (Å²) >= 11 is 5.98.